The van der Waals surface area contributed by atoms with Crippen LogP contribution in [0, 0.1) is 6.92 Å². The van der Waals surface area contributed by atoms with E-state index >= 15 is 0 Å². The molecule has 0 saturated heterocycles. The summed E-state index contributed by atoms with van der Waals surface area (Å²) in [6.45, 7) is 2.17. The largest absolute Gasteiger partial charge is 0.358 e. The zero-order valence-electron chi connectivity index (χ0n) is 12.3. The molecule has 6 nitrogen and oxygen atoms in total. The van der Waals surface area contributed by atoms with Gasteiger partial charge in [0, 0.05) is 25.6 Å². The minimum atomic E-state index is -0.611. The Morgan fingerprint density at radius 1 is 1.43 bits per heavy atom. The molecule has 1 rings (SSSR count). The van der Waals surface area contributed by atoms with E-state index in [9.17, 15) is 14.4 Å². The summed E-state index contributed by atoms with van der Waals surface area (Å²) in [5.41, 5.74) is 2.31. The molecular formula is C15H21N3O3. The first-order valence-corrected chi connectivity index (χ1v) is 6.74. The fourth-order valence-corrected chi connectivity index (χ4v) is 2.13. The smallest absolute Gasteiger partial charge is 0.238 e. The van der Waals surface area contributed by atoms with Gasteiger partial charge in [-0.3, -0.25) is 15.4 Å². The Labute approximate surface area is 124 Å². The molecule has 1 amide bonds. The molecule has 114 valence electrons. The number of carbonyl (C=O) groups excluding carboxylic acids is 3. The highest BCUT2D eigenvalue weighted by Gasteiger charge is 2.23. The number of aldehydes is 2. The van der Waals surface area contributed by atoms with Crippen molar-refractivity contribution in [1.29, 1.82) is 0 Å². The van der Waals surface area contributed by atoms with Crippen molar-refractivity contribution >= 4 is 18.5 Å². The molecule has 0 aliphatic rings. The first kappa shape index (κ1) is 17.0. The van der Waals surface area contributed by atoms with E-state index in [-0.39, 0.29) is 18.9 Å². The molecular weight excluding hydrogens is 270 g/mol. The SMILES string of the molecule is CNC(=O)C(CCC=O)N(N)Cc1cc(C)ccc1C=O. The predicted octanol–water partition coefficient (Wildman–Crippen LogP) is 0.577. The summed E-state index contributed by atoms with van der Waals surface area (Å²) >= 11 is 0. The maximum absolute atomic E-state index is 11.9. The highest BCUT2D eigenvalue weighted by molar-refractivity contribution is 5.81. The summed E-state index contributed by atoms with van der Waals surface area (Å²) in [7, 11) is 1.52. The van der Waals surface area contributed by atoms with Gasteiger partial charge in [0.05, 0.1) is 0 Å². The number of benzene rings is 1. The van der Waals surface area contributed by atoms with E-state index in [1.807, 2.05) is 19.1 Å². The molecule has 1 atom stereocenters. The second-order valence-corrected chi connectivity index (χ2v) is 4.87. The molecule has 0 aliphatic heterocycles. The molecule has 0 saturated carbocycles. The molecule has 3 N–H and O–H groups in total. The van der Waals surface area contributed by atoms with Crippen molar-refractivity contribution in [1.82, 2.24) is 10.3 Å². The molecule has 0 bridgehead atoms. The van der Waals surface area contributed by atoms with Crippen LogP contribution in [0.15, 0.2) is 18.2 Å². The molecule has 1 aromatic carbocycles. The Bertz CT molecular complexity index is 517. The average molecular weight is 291 g/mol. The van der Waals surface area contributed by atoms with E-state index < -0.39 is 6.04 Å². The van der Waals surface area contributed by atoms with E-state index in [1.54, 1.807) is 6.07 Å². The number of carbonyl (C=O) groups is 3. The minimum absolute atomic E-state index is 0.250. The molecule has 1 aromatic rings. The lowest BCUT2D eigenvalue weighted by Gasteiger charge is -2.26. The summed E-state index contributed by atoms with van der Waals surface area (Å²) in [4.78, 5) is 33.4. The minimum Gasteiger partial charge on any atom is -0.358 e. The first-order valence-electron chi connectivity index (χ1n) is 6.74. The van der Waals surface area contributed by atoms with Gasteiger partial charge in [-0.2, -0.15) is 0 Å². The fourth-order valence-electron chi connectivity index (χ4n) is 2.13. The van der Waals surface area contributed by atoms with Crippen molar-refractivity contribution < 1.29 is 14.4 Å². The molecule has 1 unspecified atom stereocenters. The third kappa shape index (κ3) is 4.77. The predicted molar refractivity (Wildman–Crippen MR) is 79.4 cm³/mol. The number of aryl methyl sites for hydroxylation is 1. The Morgan fingerprint density at radius 2 is 2.14 bits per heavy atom. The van der Waals surface area contributed by atoms with E-state index in [0.29, 0.717) is 12.0 Å². The molecule has 21 heavy (non-hydrogen) atoms. The molecule has 0 radical (unpaired) electrons. The summed E-state index contributed by atoms with van der Waals surface area (Å²) in [5, 5.41) is 3.90. The van der Waals surface area contributed by atoms with Gasteiger partial charge >= 0.3 is 0 Å². The third-order valence-corrected chi connectivity index (χ3v) is 3.29. The molecule has 0 fully saturated rings. The Kier molecular flexibility index (Phi) is 6.71. The maximum atomic E-state index is 11.9. The topological polar surface area (TPSA) is 92.5 Å². The lowest BCUT2D eigenvalue weighted by molar-refractivity contribution is -0.126. The summed E-state index contributed by atoms with van der Waals surface area (Å²) < 4.78 is 0. The van der Waals surface area contributed by atoms with Crippen LogP contribution in [-0.2, 0) is 16.1 Å². The fraction of sp³-hybridized carbons (Fsp3) is 0.400. The van der Waals surface area contributed by atoms with Crippen molar-refractivity contribution in [3.05, 3.63) is 34.9 Å². The van der Waals surface area contributed by atoms with Gasteiger partial charge in [0.2, 0.25) is 5.91 Å². The van der Waals surface area contributed by atoms with Gasteiger partial charge in [-0.25, -0.2) is 5.01 Å². The van der Waals surface area contributed by atoms with Crippen LogP contribution in [0.5, 0.6) is 0 Å². The number of nitrogens with two attached hydrogens (primary N) is 1. The molecule has 0 aromatic heterocycles. The maximum Gasteiger partial charge on any atom is 0.238 e. The number of nitrogens with one attached hydrogen (secondary N) is 1. The van der Waals surface area contributed by atoms with Crippen LogP contribution in [0.2, 0.25) is 0 Å². The summed E-state index contributed by atoms with van der Waals surface area (Å²) in [6, 6.07) is 4.83. The zero-order chi connectivity index (χ0) is 15.8. The first-order chi connectivity index (χ1) is 10.0. The van der Waals surface area contributed by atoms with Crippen LogP contribution in [0.4, 0.5) is 0 Å². The van der Waals surface area contributed by atoms with Crippen molar-refractivity contribution in [3.63, 3.8) is 0 Å². The van der Waals surface area contributed by atoms with E-state index in [2.05, 4.69) is 5.32 Å². The van der Waals surface area contributed by atoms with Gasteiger partial charge in [-0.1, -0.05) is 23.8 Å². The second kappa shape index (κ2) is 8.28. The van der Waals surface area contributed by atoms with Gasteiger partial charge in [0.15, 0.2) is 0 Å². The van der Waals surface area contributed by atoms with Crippen LogP contribution < -0.4 is 11.2 Å². The molecule has 6 heteroatoms. The van der Waals surface area contributed by atoms with Crippen LogP contribution in [0.25, 0.3) is 0 Å². The highest BCUT2D eigenvalue weighted by Crippen LogP contribution is 2.14. The van der Waals surface area contributed by atoms with Crippen LogP contribution >= 0.6 is 0 Å². The van der Waals surface area contributed by atoms with Crippen molar-refractivity contribution in [3.8, 4) is 0 Å². The monoisotopic (exact) mass is 291 g/mol. The van der Waals surface area contributed by atoms with Crippen LogP contribution in [-0.4, -0.2) is 36.6 Å². The highest BCUT2D eigenvalue weighted by atomic mass is 16.2. The number of hydrazine groups is 1. The molecule has 0 aliphatic carbocycles. The lowest BCUT2D eigenvalue weighted by Crippen LogP contribution is -2.49. The number of hydrogen-bond acceptors (Lipinski definition) is 5. The molecule has 0 heterocycles. The normalized spacial score (nSPS) is 12.0. The number of likely N-dealkylation sites (N-methyl/N-ethyl adjacent to an activating group) is 1. The number of rotatable bonds is 8. The Morgan fingerprint density at radius 3 is 2.71 bits per heavy atom. The zero-order valence-corrected chi connectivity index (χ0v) is 12.3. The third-order valence-electron chi connectivity index (χ3n) is 3.29. The second-order valence-electron chi connectivity index (χ2n) is 4.87. The molecule has 0 spiro atoms. The quantitative estimate of drug-likeness (QED) is 0.415. The van der Waals surface area contributed by atoms with Crippen molar-refractivity contribution in [2.45, 2.75) is 32.4 Å². The lowest BCUT2D eigenvalue weighted by atomic mass is 10.0. The number of amides is 1. The number of hydrogen-bond donors (Lipinski definition) is 2. The van der Waals surface area contributed by atoms with Crippen molar-refractivity contribution in [2.24, 2.45) is 5.84 Å². The van der Waals surface area contributed by atoms with E-state index in [0.717, 1.165) is 23.7 Å². The number of nitrogens with zero attached hydrogens (tertiary/aromatic N) is 1. The Balaban J connectivity index is 2.92. The van der Waals surface area contributed by atoms with Gasteiger partial charge in [-0.15, -0.1) is 0 Å². The Hall–Kier alpha value is -2.05. The standard InChI is InChI=1S/C15H21N3O3/c1-11-5-6-12(10-20)13(8-11)9-18(16)14(4-3-7-19)15(21)17-2/h5-8,10,14H,3-4,9,16H2,1-2H3,(H,17,21). The summed E-state index contributed by atoms with van der Waals surface area (Å²) in [5.74, 6) is 5.73. The van der Waals surface area contributed by atoms with Gasteiger partial charge in [-0.05, 0) is 18.9 Å². The van der Waals surface area contributed by atoms with Gasteiger partial charge in [0.1, 0.15) is 18.6 Å². The van der Waals surface area contributed by atoms with Crippen LogP contribution in [0.1, 0.15) is 34.3 Å². The van der Waals surface area contributed by atoms with Crippen LogP contribution in [0.3, 0.4) is 0 Å². The van der Waals surface area contributed by atoms with Gasteiger partial charge in [0.25, 0.3) is 0 Å². The van der Waals surface area contributed by atoms with Gasteiger partial charge < -0.3 is 10.1 Å². The van der Waals surface area contributed by atoms with Crippen molar-refractivity contribution in [2.75, 3.05) is 7.05 Å². The summed E-state index contributed by atoms with van der Waals surface area (Å²) in [6.07, 6.45) is 2.11. The van der Waals surface area contributed by atoms with E-state index in [1.165, 1.54) is 12.1 Å². The van der Waals surface area contributed by atoms with E-state index in [4.69, 9.17) is 5.84 Å². The average Bonchev–Trinajstić information content (AvgIpc) is 2.47.